The van der Waals surface area contributed by atoms with Crippen molar-refractivity contribution in [3.05, 3.63) is 42.5 Å². The lowest BCUT2D eigenvalue weighted by atomic mass is 9.98. The van der Waals surface area contributed by atoms with E-state index in [1.165, 1.54) is 5.69 Å². The van der Waals surface area contributed by atoms with Gasteiger partial charge in [-0.3, -0.25) is 5.84 Å². The summed E-state index contributed by atoms with van der Waals surface area (Å²) in [6.07, 6.45) is 2.88. The molecule has 0 bridgehead atoms. The monoisotopic (exact) mass is 289 g/mol. The molecule has 3 atom stereocenters. The molecule has 116 valence electrons. The van der Waals surface area contributed by atoms with Crippen LogP contribution in [0.5, 0.6) is 0 Å². The molecule has 1 aromatic rings. The van der Waals surface area contributed by atoms with Gasteiger partial charge in [0, 0.05) is 31.0 Å². The standard InChI is InChI=1S/C16H27N5/c1-6-14-8-7-12(3)21(14)15-9-11(2)19-13(4)18-10-16(15)20(5)17/h6-8,11,15-16,18-19H,1,4,9-10,17H2,2-3,5H3. The number of likely N-dealkylation sites (N-methyl/N-ethyl adjacent to an activating group) is 1. The van der Waals surface area contributed by atoms with Crippen LogP contribution in [0.1, 0.15) is 30.8 Å². The molecule has 0 amide bonds. The van der Waals surface area contributed by atoms with Crippen molar-refractivity contribution in [1.82, 2.24) is 20.2 Å². The molecule has 5 nitrogen and oxygen atoms in total. The van der Waals surface area contributed by atoms with Crippen molar-refractivity contribution in [2.75, 3.05) is 13.6 Å². The maximum atomic E-state index is 6.12. The van der Waals surface area contributed by atoms with Gasteiger partial charge in [-0.25, -0.2) is 5.01 Å². The van der Waals surface area contributed by atoms with Crippen LogP contribution in [0.2, 0.25) is 0 Å². The van der Waals surface area contributed by atoms with Gasteiger partial charge in [-0.15, -0.1) is 0 Å². The number of hydrogen-bond acceptors (Lipinski definition) is 4. The highest BCUT2D eigenvalue weighted by Crippen LogP contribution is 2.27. The number of nitrogens with one attached hydrogen (secondary N) is 2. The number of hydrazine groups is 1. The minimum absolute atomic E-state index is 0.177. The van der Waals surface area contributed by atoms with E-state index < -0.39 is 0 Å². The fraction of sp³-hybridized carbons (Fsp3) is 0.500. The lowest BCUT2D eigenvalue weighted by Crippen LogP contribution is -2.53. The van der Waals surface area contributed by atoms with Crippen LogP contribution >= 0.6 is 0 Å². The Morgan fingerprint density at radius 3 is 2.81 bits per heavy atom. The van der Waals surface area contributed by atoms with Crippen molar-refractivity contribution in [3.63, 3.8) is 0 Å². The molecule has 2 heterocycles. The zero-order valence-corrected chi connectivity index (χ0v) is 13.3. The van der Waals surface area contributed by atoms with E-state index in [1.54, 1.807) is 5.01 Å². The second kappa shape index (κ2) is 6.37. The van der Waals surface area contributed by atoms with Gasteiger partial charge in [0.25, 0.3) is 0 Å². The van der Waals surface area contributed by atoms with E-state index in [0.717, 1.165) is 24.5 Å². The molecule has 5 heteroatoms. The molecular formula is C16H27N5. The fourth-order valence-electron chi connectivity index (χ4n) is 3.17. The number of aryl methyl sites for hydroxylation is 1. The number of aromatic nitrogens is 1. The van der Waals surface area contributed by atoms with Gasteiger partial charge in [0.1, 0.15) is 0 Å². The first kappa shape index (κ1) is 15.7. The second-order valence-electron chi connectivity index (χ2n) is 5.91. The van der Waals surface area contributed by atoms with E-state index in [2.05, 4.69) is 54.3 Å². The van der Waals surface area contributed by atoms with Gasteiger partial charge in [-0.1, -0.05) is 13.2 Å². The molecular weight excluding hydrogens is 262 g/mol. The first-order valence-electron chi connectivity index (χ1n) is 7.41. The summed E-state index contributed by atoms with van der Waals surface area (Å²) in [6, 6.07) is 5.01. The largest absolute Gasteiger partial charge is 0.371 e. The Morgan fingerprint density at radius 1 is 1.48 bits per heavy atom. The summed E-state index contributed by atoms with van der Waals surface area (Å²) >= 11 is 0. The van der Waals surface area contributed by atoms with Crippen LogP contribution < -0.4 is 16.5 Å². The molecule has 1 saturated heterocycles. The Hall–Kier alpha value is -1.72. The number of hydrogen-bond donors (Lipinski definition) is 3. The van der Waals surface area contributed by atoms with Crippen molar-refractivity contribution < 1.29 is 0 Å². The van der Waals surface area contributed by atoms with Crippen LogP contribution in [0.25, 0.3) is 6.08 Å². The summed E-state index contributed by atoms with van der Waals surface area (Å²) in [5, 5.41) is 8.52. The summed E-state index contributed by atoms with van der Waals surface area (Å²) in [4.78, 5) is 0. The van der Waals surface area contributed by atoms with Crippen molar-refractivity contribution in [3.8, 4) is 0 Å². The highest BCUT2D eigenvalue weighted by molar-refractivity contribution is 5.44. The summed E-state index contributed by atoms with van der Waals surface area (Å²) in [6.45, 7) is 13.0. The Labute approximate surface area is 127 Å². The van der Waals surface area contributed by atoms with Crippen LogP contribution in [0.15, 0.2) is 31.1 Å². The van der Waals surface area contributed by atoms with Crippen LogP contribution in [0.3, 0.4) is 0 Å². The molecule has 21 heavy (non-hydrogen) atoms. The van der Waals surface area contributed by atoms with E-state index in [4.69, 9.17) is 5.84 Å². The topological polar surface area (TPSA) is 58.2 Å². The van der Waals surface area contributed by atoms with Gasteiger partial charge < -0.3 is 15.2 Å². The van der Waals surface area contributed by atoms with E-state index in [0.29, 0.717) is 6.04 Å². The van der Waals surface area contributed by atoms with Gasteiger partial charge in [0.05, 0.1) is 17.9 Å². The summed E-state index contributed by atoms with van der Waals surface area (Å²) in [7, 11) is 1.92. The summed E-state index contributed by atoms with van der Waals surface area (Å²) in [5.41, 5.74) is 2.37. The minimum Gasteiger partial charge on any atom is -0.371 e. The second-order valence-corrected chi connectivity index (χ2v) is 5.91. The summed E-state index contributed by atoms with van der Waals surface area (Å²) < 4.78 is 2.34. The fourth-order valence-corrected chi connectivity index (χ4v) is 3.17. The predicted octanol–water partition coefficient (Wildman–Crippen LogP) is 1.60. The molecule has 1 fully saturated rings. The maximum Gasteiger partial charge on any atom is 0.0915 e. The molecule has 0 aromatic carbocycles. The molecule has 0 spiro atoms. The summed E-state index contributed by atoms with van der Waals surface area (Å²) in [5.74, 6) is 6.98. The van der Waals surface area contributed by atoms with Crippen LogP contribution in [-0.4, -0.2) is 35.3 Å². The normalized spacial score (nSPS) is 26.7. The molecule has 4 N–H and O–H groups in total. The zero-order valence-electron chi connectivity index (χ0n) is 13.3. The predicted molar refractivity (Wildman–Crippen MR) is 88.4 cm³/mol. The molecule has 1 aliphatic rings. The van der Waals surface area contributed by atoms with Crippen LogP contribution in [-0.2, 0) is 0 Å². The van der Waals surface area contributed by atoms with Crippen LogP contribution in [0.4, 0.5) is 0 Å². The van der Waals surface area contributed by atoms with Gasteiger partial charge in [-0.2, -0.15) is 0 Å². The van der Waals surface area contributed by atoms with E-state index >= 15 is 0 Å². The first-order valence-corrected chi connectivity index (χ1v) is 7.41. The Bertz CT molecular complexity index is 517. The molecule has 0 radical (unpaired) electrons. The molecule has 1 aliphatic heterocycles. The van der Waals surface area contributed by atoms with Crippen molar-refractivity contribution in [2.24, 2.45) is 5.84 Å². The van der Waals surface area contributed by atoms with Crippen LogP contribution in [0, 0.1) is 6.92 Å². The van der Waals surface area contributed by atoms with Gasteiger partial charge in [0.2, 0.25) is 0 Å². The van der Waals surface area contributed by atoms with E-state index in [1.807, 2.05) is 13.1 Å². The highest BCUT2D eigenvalue weighted by atomic mass is 15.4. The minimum atomic E-state index is 0.177. The average Bonchev–Trinajstić information content (AvgIpc) is 2.76. The SMILES string of the molecule is C=Cc1ccc(C)n1C1CC(C)NC(=C)NCC1N(C)N. The van der Waals surface area contributed by atoms with E-state index in [9.17, 15) is 0 Å². The van der Waals surface area contributed by atoms with Crippen molar-refractivity contribution >= 4 is 6.08 Å². The third kappa shape index (κ3) is 3.31. The zero-order chi connectivity index (χ0) is 15.6. The Balaban J connectivity index is 2.41. The first-order chi connectivity index (χ1) is 9.93. The maximum absolute atomic E-state index is 6.12. The van der Waals surface area contributed by atoms with Gasteiger partial charge in [-0.05, 0) is 38.5 Å². The quantitative estimate of drug-likeness (QED) is 0.584. The Morgan fingerprint density at radius 2 is 2.19 bits per heavy atom. The Kier molecular flexibility index (Phi) is 4.75. The average molecular weight is 289 g/mol. The molecule has 2 rings (SSSR count). The number of nitrogens with two attached hydrogens (primary N) is 1. The molecule has 1 aromatic heterocycles. The lowest BCUT2D eigenvalue weighted by molar-refractivity contribution is 0.155. The third-order valence-electron chi connectivity index (χ3n) is 4.20. The smallest absolute Gasteiger partial charge is 0.0915 e. The molecule has 3 unspecified atom stereocenters. The highest BCUT2D eigenvalue weighted by Gasteiger charge is 2.30. The molecule has 0 saturated carbocycles. The number of rotatable bonds is 3. The number of nitrogens with zero attached hydrogens (tertiary/aromatic N) is 2. The van der Waals surface area contributed by atoms with Crippen molar-refractivity contribution in [1.29, 1.82) is 0 Å². The lowest BCUT2D eigenvalue weighted by Gasteiger charge is -2.39. The molecule has 0 aliphatic carbocycles. The third-order valence-corrected chi connectivity index (χ3v) is 4.20. The van der Waals surface area contributed by atoms with Gasteiger partial charge >= 0.3 is 0 Å². The van der Waals surface area contributed by atoms with Gasteiger partial charge in [0.15, 0.2) is 0 Å². The van der Waals surface area contributed by atoms with E-state index in [-0.39, 0.29) is 12.1 Å². The van der Waals surface area contributed by atoms with Crippen molar-refractivity contribution in [2.45, 2.75) is 38.4 Å².